The third-order valence-corrected chi connectivity index (χ3v) is 4.59. The van der Waals surface area contributed by atoms with Crippen LogP contribution in [-0.2, 0) is 9.53 Å². The molecule has 2 aliphatic rings. The van der Waals surface area contributed by atoms with Crippen molar-refractivity contribution >= 4 is 41.0 Å². The molecule has 1 aromatic heterocycles. The Morgan fingerprint density at radius 1 is 1.44 bits per heavy atom. The van der Waals surface area contributed by atoms with E-state index >= 15 is 0 Å². The lowest BCUT2D eigenvalue weighted by Crippen LogP contribution is -2.40. The van der Waals surface area contributed by atoms with E-state index in [-0.39, 0.29) is 6.04 Å². The van der Waals surface area contributed by atoms with Crippen molar-refractivity contribution in [2.24, 2.45) is 0 Å². The van der Waals surface area contributed by atoms with Crippen LogP contribution in [0.15, 0.2) is 17.2 Å². The fourth-order valence-electron chi connectivity index (χ4n) is 2.68. The number of hydrogen-bond donors (Lipinski definition) is 2. The van der Waals surface area contributed by atoms with Gasteiger partial charge in [0.2, 0.25) is 5.95 Å². The van der Waals surface area contributed by atoms with Gasteiger partial charge in [-0.05, 0) is 51.1 Å². The molecular formula is C17H21N5O4S. The Labute approximate surface area is 160 Å². The summed E-state index contributed by atoms with van der Waals surface area (Å²) in [6.45, 7) is 6.70. The van der Waals surface area contributed by atoms with Crippen LogP contribution in [0.4, 0.5) is 15.5 Å². The Morgan fingerprint density at radius 3 is 2.89 bits per heavy atom. The predicted octanol–water partition coefficient (Wildman–Crippen LogP) is 1.90. The van der Waals surface area contributed by atoms with Crippen molar-refractivity contribution in [3.05, 3.63) is 22.9 Å². The molecule has 9 nitrogen and oxygen atoms in total. The fourth-order valence-corrected chi connectivity index (χ4v) is 3.35. The van der Waals surface area contributed by atoms with Crippen molar-refractivity contribution in [2.75, 3.05) is 18.0 Å². The van der Waals surface area contributed by atoms with Crippen LogP contribution in [0.2, 0.25) is 0 Å². The highest BCUT2D eigenvalue weighted by Crippen LogP contribution is 2.25. The largest absolute Gasteiger partial charge is 0.444 e. The van der Waals surface area contributed by atoms with Crippen LogP contribution in [0, 0.1) is 0 Å². The van der Waals surface area contributed by atoms with Crippen LogP contribution < -0.4 is 15.5 Å². The van der Waals surface area contributed by atoms with Crippen LogP contribution in [0.1, 0.15) is 32.9 Å². The summed E-state index contributed by atoms with van der Waals surface area (Å²) < 4.78 is 5.28. The predicted molar refractivity (Wildman–Crippen MR) is 101 cm³/mol. The highest BCUT2D eigenvalue weighted by molar-refractivity contribution is 8.18. The Morgan fingerprint density at radius 2 is 2.22 bits per heavy atom. The van der Waals surface area contributed by atoms with Crippen LogP contribution in [0.3, 0.4) is 0 Å². The van der Waals surface area contributed by atoms with E-state index in [1.807, 2.05) is 25.7 Å². The molecule has 2 aliphatic heterocycles. The van der Waals surface area contributed by atoms with E-state index in [1.54, 1.807) is 18.3 Å². The molecule has 144 valence electrons. The number of thioether (sulfide) groups is 1. The molecule has 0 spiro atoms. The molecule has 0 aliphatic carbocycles. The second-order valence-corrected chi connectivity index (χ2v) is 8.23. The first kappa shape index (κ1) is 19.2. The van der Waals surface area contributed by atoms with Gasteiger partial charge in [-0.2, -0.15) is 0 Å². The zero-order valence-corrected chi connectivity index (χ0v) is 16.1. The maximum atomic E-state index is 11.9. The number of carbonyl (C=O) groups excluding carboxylic acids is 3. The van der Waals surface area contributed by atoms with E-state index < -0.39 is 22.8 Å². The Hall–Kier alpha value is -2.62. The Balaban J connectivity index is 1.63. The SMILES string of the molecule is CC(C)(C)OC(=O)NC1CCN(c2nccc(/C=C3\SC(=O)NC3=O)n2)C1. The fraction of sp³-hybridized carbons (Fsp3) is 0.471. The number of nitrogens with one attached hydrogen (secondary N) is 2. The lowest BCUT2D eigenvalue weighted by Gasteiger charge is -2.22. The first-order chi connectivity index (χ1) is 12.7. The van der Waals surface area contributed by atoms with Crippen LogP contribution in [-0.4, -0.2) is 51.9 Å². The number of imide groups is 1. The molecule has 1 atom stereocenters. The third kappa shape index (κ3) is 5.19. The van der Waals surface area contributed by atoms with Gasteiger partial charge in [0.25, 0.3) is 11.1 Å². The normalized spacial score (nSPS) is 21.5. The second kappa shape index (κ2) is 7.55. The van der Waals surface area contributed by atoms with E-state index in [4.69, 9.17) is 4.74 Å². The molecule has 0 aromatic carbocycles. The van der Waals surface area contributed by atoms with Crippen molar-refractivity contribution in [3.8, 4) is 0 Å². The molecule has 10 heteroatoms. The summed E-state index contributed by atoms with van der Waals surface area (Å²) >= 11 is 0.844. The number of carbonyl (C=O) groups is 3. The summed E-state index contributed by atoms with van der Waals surface area (Å²) in [5, 5.41) is 4.67. The Kier molecular flexibility index (Phi) is 5.36. The molecule has 1 aromatic rings. The molecule has 3 heterocycles. The minimum absolute atomic E-state index is 0.0563. The van der Waals surface area contributed by atoms with Crippen molar-refractivity contribution in [1.29, 1.82) is 0 Å². The van der Waals surface area contributed by atoms with Crippen molar-refractivity contribution in [3.63, 3.8) is 0 Å². The van der Waals surface area contributed by atoms with Crippen LogP contribution >= 0.6 is 11.8 Å². The van der Waals surface area contributed by atoms with Gasteiger partial charge in [0.1, 0.15) is 5.60 Å². The standard InChI is InChI=1S/C17H21N5O4S/c1-17(2,3)26-15(24)20-11-5-7-22(9-11)14-18-6-4-10(19-14)8-12-13(23)21-16(25)27-12/h4,6,8,11H,5,7,9H2,1-3H3,(H,20,24)(H,21,23,25)/b12-8-. The smallest absolute Gasteiger partial charge is 0.407 e. The zero-order chi connectivity index (χ0) is 19.6. The third-order valence-electron chi connectivity index (χ3n) is 3.78. The van der Waals surface area contributed by atoms with Gasteiger partial charge in [0, 0.05) is 19.3 Å². The molecule has 2 saturated heterocycles. The molecule has 0 saturated carbocycles. The van der Waals surface area contributed by atoms with Crippen molar-refractivity contribution in [2.45, 2.75) is 38.8 Å². The molecule has 3 rings (SSSR count). The number of hydrogen-bond acceptors (Lipinski definition) is 8. The van der Waals surface area contributed by atoms with E-state index in [1.165, 1.54) is 0 Å². The zero-order valence-electron chi connectivity index (χ0n) is 15.3. The van der Waals surface area contributed by atoms with Gasteiger partial charge in [0.05, 0.1) is 16.6 Å². The first-order valence-electron chi connectivity index (χ1n) is 8.52. The van der Waals surface area contributed by atoms with Gasteiger partial charge in [-0.1, -0.05) is 0 Å². The molecule has 2 fully saturated rings. The summed E-state index contributed by atoms with van der Waals surface area (Å²) in [6, 6.07) is 1.61. The second-order valence-electron chi connectivity index (χ2n) is 7.21. The summed E-state index contributed by atoms with van der Waals surface area (Å²) in [7, 11) is 0. The lowest BCUT2D eigenvalue weighted by molar-refractivity contribution is -0.115. The quantitative estimate of drug-likeness (QED) is 0.751. The van der Waals surface area contributed by atoms with Gasteiger partial charge in [-0.3, -0.25) is 14.9 Å². The first-order valence-corrected chi connectivity index (χ1v) is 9.33. The summed E-state index contributed by atoms with van der Waals surface area (Å²) in [5.74, 6) is 0.0838. The summed E-state index contributed by atoms with van der Waals surface area (Å²) in [5.41, 5.74) is -0.00454. The molecule has 3 amide bonds. The van der Waals surface area contributed by atoms with E-state index in [9.17, 15) is 14.4 Å². The van der Waals surface area contributed by atoms with Gasteiger partial charge >= 0.3 is 6.09 Å². The minimum Gasteiger partial charge on any atom is -0.444 e. The van der Waals surface area contributed by atoms with E-state index in [2.05, 4.69) is 20.6 Å². The highest BCUT2D eigenvalue weighted by Gasteiger charge is 2.28. The summed E-state index contributed by atoms with van der Waals surface area (Å²) in [6.07, 6.45) is 3.47. The number of nitrogens with zero attached hydrogens (tertiary/aromatic N) is 3. The highest BCUT2D eigenvalue weighted by atomic mass is 32.2. The van der Waals surface area contributed by atoms with E-state index in [0.717, 1.165) is 18.2 Å². The molecular weight excluding hydrogens is 370 g/mol. The van der Waals surface area contributed by atoms with E-state index in [0.29, 0.717) is 29.6 Å². The van der Waals surface area contributed by atoms with Crippen LogP contribution in [0.25, 0.3) is 6.08 Å². The summed E-state index contributed by atoms with van der Waals surface area (Å²) in [4.78, 5) is 45.8. The number of alkyl carbamates (subject to hydrolysis) is 1. The molecule has 2 N–H and O–H groups in total. The average molecular weight is 391 g/mol. The van der Waals surface area contributed by atoms with Crippen molar-refractivity contribution in [1.82, 2.24) is 20.6 Å². The number of aromatic nitrogens is 2. The Bertz CT molecular complexity index is 805. The van der Waals surface area contributed by atoms with Gasteiger partial charge in [0.15, 0.2) is 0 Å². The lowest BCUT2D eigenvalue weighted by atomic mass is 10.2. The maximum Gasteiger partial charge on any atom is 0.407 e. The monoisotopic (exact) mass is 391 g/mol. The van der Waals surface area contributed by atoms with Gasteiger partial charge in [-0.25, -0.2) is 14.8 Å². The van der Waals surface area contributed by atoms with Crippen LogP contribution in [0.5, 0.6) is 0 Å². The molecule has 0 bridgehead atoms. The number of anilines is 1. The average Bonchev–Trinajstić information content (AvgIpc) is 3.12. The van der Waals surface area contributed by atoms with Gasteiger partial charge < -0.3 is 15.0 Å². The molecule has 0 radical (unpaired) electrons. The number of rotatable bonds is 3. The minimum atomic E-state index is -0.542. The maximum absolute atomic E-state index is 11.9. The number of amides is 3. The topological polar surface area (TPSA) is 114 Å². The molecule has 1 unspecified atom stereocenters. The van der Waals surface area contributed by atoms with Gasteiger partial charge in [-0.15, -0.1) is 0 Å². The van der Waals surface area contributed by atoms with Crippen molar-refractivity contribution < 1.29 is 19.1 Å². The molecule has 27 heavy (non-hydrogen) atoms. The number of ether oxygens (including phenoxy) is 1.